The highest BCUT2D eigenvalue weighted by Gasteiger charge is 2.23. The molecule has 20 heavy (non-hydrogen) atoms. The molecule has 0 fully saturated rings. The average Bonchev–Trinajstić information content (AvgIpc) is 2.97. The van der Waals surface area contributed by atoms with Gasteiger partial charge in [-0.05, 0) is 32.6 Å². The zero-order chi connectivity index (χ0) is 14.7. The summed E-state index contributed by atoms with van der Waals surface area (Å²) in [5, 5.41) is 11.1. The topological polar surface area (TPSA) is 33.1 Å². The van der Waals surface area contributed by atoms with Crippen LogP contribution in [0, 0.1) is 0 Å². The predicted octanol–water partition coefficient (Wildman–Crippen LogP) is 3.12. The van der Waals surface area contributed by atoms with Crippen molar-refractivity contribution in [3.63, 3.8) is 0 Å². The van der Waals surface area contributed by atoms with Crippen LogP contribution in [0.25, 0.3) is 0 Å². The molecule has 2 rings (SSSR count). The minimum atomic E-state index is -0.0420. The van der Waals surface area contributed by atoms with Gasteiger partial charge in [-0.25, -0.2) is 0 Å². The molecule has 0 saturated heterocycles. The third kappa shape index (κ3) is 3.35. The fourth-order valence-electron chi connectivity index (χ4n) is 2.04. The molecule has 1 unspecified atom stereocenters. The summed E-state index contributed by atoms with van der Waals surface area (Å²) in [4.78, 5) is 3.17. The Morgan fingerprint density at radius 1 is 1.40 bits per heavy atom. The van der Waals surface area contributed by atoms with E-state index < -0.39 is 0 Å². The first-order valence-corrected chi connectivity index (χ1v) is 7.94. The molecule has 0 aromatic carbocycles. The second-order valence-corrected chi connectivity index (χ2v) is 6.52. The molecule has 0 saturated carbocycles. The molecule has 0 radical (unpaired) electrons. The number of nitrogens with zero attached hydrogens (tertiary/aromatic N) is 3. The molecule has 0 aliphatic carbocycles. The zero-order valence-corrected chi connectivity index (χ0v) is 14.1. The van der Waals surface area contributed by atoms with Crippen LogP contribution >= 0.6 is 34.5 Å². The van der Waals surface area contributed by atoms with E-state index in [0.717, 1.165) is 28.7 Å². The standard InChI is InChI=1S/C13H18Cl2N4S/c1-16-11(13-9(14)4-7-20-13)12-10(15)8-17-19(12)6-5-18(2)3/h4,7-8,11,16H,5-6H2,1-3H3. The van der Waals surface area contributed by atoms with Crippen molar-refractivity contribution in [2.45, 2.75) is 12.6 Å². The van der Waals surface area contributed by atoms with Crippen LogP contribution in [0.3, 0.4) is 0 Å². The Kier molecular flexibility index (Phi) is 5.46. The first-order valence-electron chi connectivity index (χ1n) is 6.30. The predicted molar refractivity (Wildman–Crippen MR) is 86.0 cm³/mol. The average molecular weight is 333 g/mol. The van der Waals surface area contributed by atoms with Crippen molar-refractivity contribution in [3.8, 4) is 0 Å². The molecular weight excluding hydrogens is 315 g/mol. The minimum Gasteiger partial charge on any atom is -0.308 e. The first-order chi connectivity index (χ1) is 9.54. The van der Waals surface area contributed by atoms with Crippen molar-refractivity contribution in [3.05, 3.63) is 38.3 Å². The van der Waals surface area contributed by atoms with Crippen LogP contribution in [0.5, 0.6) is 0 Å². The maximum Gasteiger partial charge on any atom is 0.0869 e. The van der Waals surface area contributed by atoms with Gasteiger partial charge in [-0.15, -0.1) is 11.3 Å². The number of rotatable bonds is 6. The fraction of sp³-hybridized carbons (Fsp3) is 0.462. The number of aromatic nitrogens is 2. The molecule has 0 aliphatic heterocycles. The van der Waals surface area contributed by atoms with E-state index in [2.05, 4.69) is 15.3 Å². The van der Waals surface area contributed by atoms with Crippen LogP contribution < -0.4 is 5.32 Å². The molecule has 0 bridgehead atoms. The van der Waals surface area contributed by atoms with E-state index in [-0.39, 0.29) is 6.04 Å². The summed E-state index contributed by atoms with van der Waals surface area (Å²) >= 11 is 14.2. The summed E-state index contributed by atoms with van der Waals surface area (Å²) in [6.45, 7) is 1.69. The second-order valence-electron chi connectivity index (χ2n) is 4.76. The molecule has 1 atom stereocenters. The molecular formula is C13H18Cl2N4S. The molecule has 2 heterocycles. The summed E-state index contributed by atoms with van der Waals surface area (Å²) in [7, 11) is 5.98. The summed E-state index contributed by atoms with van der Waals surface area (Å²) in [6, 6.07) is 1.86. The van der Waals surface area contributed by atoms with Crippen LogP contribution in [-0.4, -0.2) is 42.4 Å². The highest BCUT2D eigenvalue weighted by molar-refractivity contribution is 7.10. The van der Waals surface area contributed by atoms with Crippen LogP contribution in [0.4, 0.5) is 0 Å². The van der Waals surface area contributed by atoms with E-state index in [0.29, 0.717) is 5.02 Å². The van der Waals surface area contributed by atoms with Gasteiger partial charge >= 0.3 is 0 Å². The lowest BCUT2D eigenvalue weighted by Crippen LogP contribution is -2.25. The number of nitrogens with one attached hydrogen (secondary N) is 1. The largest absolute Gasteiger partial charge is 0.308 e. The summed E-state index contributed by atoms with van der Waals surface area (Å²) in [5.41, 5.74) is 0.959. The minimum absolute atomic E-state index is 0.0420. The monoisotopic (exact) mass is 332 g/mol. The van der Waals surface area contributed by atoms with E-state index in [9.17, 15) is 0 Å². The maximum absolute atomic E-state index is 6.33. The van der Waals surface area contributed by atoms with E-state index in [1.807, 2.05) is 37.3 Å². The van der Waals surface area contributed by atoms with Gasteiger partial charge in [0.1, 0.15) is 0 Å². The third-order valence-electron chi connectivity index (χ3n) is 3.06. The first kappa shape index (κ1) is 15.8. The summed E-state index contributed by atoms with van der Waals surface area (Å²) < 4.78 is 1.94. The number of hydrogen-bond acceptors (Lipinski definition) is 4. The van der Waals surface area contributed by atoms with Gasteiger partial charge in [0.15, 0.2) is 0 Å². The van der Waals surface area contributed by atoms with Gasteiger partial charge in [0.2, 0.25) is 0 Å². The molecule has 2 aromatic rings. The highest BCUT2D eigenvalue weighted by Crippen LogP contribution is 2.35. The lowest BCUT2D eigenvalue weighted by molar-refractivity contribution is 0.366. The summed E-state index contributed by atoms with van der Waals surface area (Å²) in [6.07, 6.45) is 1.69. The van der Waals surface area contributed by atoms with Crippen molar-refractivity contribution in [1.82, 2.24) is 20.0 Å². The van der Waals surface area contributed by atoms with E-state index in [4.69, 9.17) is 23.2 Å². The molecule has 0 amide bonds. The smallest absolute Gasteiger partial charge is 0.0869 e. The Morgan fingerprint density at radius 2 is 2.15 bits per heavy atom. The molecule has 2 aromatic heterocycles. The number of hydrogen-bond donors (Lipinski definition) is 1. The quantitative estimate of drug-likeness (QED) is 0.882. The van der Waals surface area contributed by atoms with Gasteiger partial charge in [-0.2, -0.15) is 5.10 Å². The SMILES string of the molecule is CNC(c1sccc1Cl)c1c(Cl)cnn1CCN(C)C. The normalized spacial score (nSPS) is 13.1. The van der Waals surface area contributed by atoms with Crippen LogP contribution in [-0.2, 0) is 6.54 Å². The van der Waals surface area contributed by atoms with Crippen molar-refractivity contribution in [2.24, 2.45) is 0 Å². The van der Waals surface area contributed by atoms with Crippen molar-refractivity contribution < 1.29 is 0 Å². The Morgan fingerprint density at radius 3 is 2.70 bits per heavy atom. The number of likely N-dealkylation sites (N-methyl/N-ethyl adjacent to an activating group) is 1. The van der Waals surface area contributed by atoms with Crippen molar-refractivity contribution in [1.29, 1.82) is 0 Å². The van der Waals surface area contributed by atoms with Gasteiger partial charge in [0.25, 0.3) is 0 Å². The Labute approximate surface area is 133 Å². The lowest BCUT2D eigenvalue weighted by Gasteiger charge is -2.19. The van der Waals surface area contributed by atoms with Gasteiger partial charge in [0.05, 0.1) is 34.5 Å². The van der Waals surface area contributed by atoms with E-state index in [1.54, 1.807) is 17.5 Å². The molecule has 110 valence electrons. The Bertz CT molecular complexity index is 564. The molecule has 7 heteroatoms. The van der Waals surface area contributed by atoms with E-state index >= 15 is 0 Å². The number of halogens is 2. The highest BCUT2D eigenvalue weighted by atomic mass is 35.5. The van der Waals surface area contributed by atoms with E-state index in [1.165, 1.54) is 0 Å². The zero-order valence-electron chi connectivity index (χ0n) is 11.7. The van der Waals surface area contributed by atoms with Gasteiger partial charge < -0.3 is 10.2 Å². The van der Waals surface area contributed by atoms with Crippen LogP contribution in [0.15, 0.2) is 17.6 Å². The third-order valence-corrected chi connectivity index (χ3v) is 4.78. The fourth-order valence-corrected chi connectivity index (χ4v) is 3.56. The van der Waals surface area contributed by atoms with Crippen molar-refractivity contribution >= 4 is 34.5 Å². The summed E-state index contributed by atoms with van der Waals surface area (Å²) in [5.74, 6) is 0. The maximum atomic E-state index is 6.33. The molecule has 4 nitrogen and oxygen atoms in total. The van der Waals surface area contributed by atoms with Crippen LogP contribution in [0.1, 0.15) is 16.6 Å². The molecule has 0 aliphatic rings. The Balaban J connectivity index is 2.34. The molecule has 1 N–H and O–H groups in total. The number of thiophene rings is 1. The van der Waals surface area contributed by atoms with Gasteiger partial charge in [-0.3, -0.25) is 4.68 Å². The van der Waals surface area contributed by atoms with Crippen LogP contribution in [0.2, 0.25) is 10.0 Å². The van der Waals surface area contributed by atoms with Gasteiger partial charge in [0, 0.05) is 11.4 Å². The Hall–Kier alpha value is -0.590. The van der Waals surface area contributed by atoms with Crippen molar-refractivity contribution in [2.75, 3.05) is 27.7 Å². The van der Waals surface area contributed by atoms with Gasteiger partial charge in [-0.1, -0.05) is 23.2 Å². The second kappa shape index (κ2) is 6.91. The lowest BCUT2D eigenvalue weighted by atomic mass is 10.1. The molecule has 0 spiro atoms.